The van der Waals surface area contributed by atoms with Crippen molar-refractivity contribution in [3.8, 4) is 0 Å². The minimum Gasteiger partial charge on any atom is -0.399 e. The Bertz CT molecular complexity index is 771. The fourth-order valence-electron chi connectivity index (χ4n) is 3.09. The summed E-state index contributed by atoms with van der Waals surface area (Å²) in [6.07, 6.45) is 0. The predicted octanol–water partition coefficient (Wildman–Crippen LogP) is 3.30. The summed E-state index contributed by atoms with van der Waals surface area (Å²) < 4.78 is 12.2. The van der Waals surface area contributed by atoms with Crippen LogP contribution in [0.4, 0.5) is 0 Å². The topological polar surface area (TPSA) is 38.8 Å². The third-order valence-electron chi connectivity index (χ3n) is 5.47. The van der Waals surface area contributed by atoms with Crippen LogP contribution in [0.1, 0.15) is 43.6 Å². The molecule has 0 saturated carbocycles. The maximum Gasteiger partial charge on any atom is 0.494 e. The number of carbonyl (C=O) groups is 1. The van der Waals surface area contributed by atoms with Crippen molar-refractivity contribution in [1.82, 2.24) is 4.90 Å². The number of hydrogen-bond acceptors (Lipinski definition) is 4. The number of nitrogens with zero attached hydrogens (tertiary/aromatic N) is 1. The molecule has 0 N–H and O–H groups in total. The first-order valence-corrected chi connectivity index (χ1v) is 9.39. The number of rotatable bonds is 6. The van der Waals surface area contributed by atoms with E-state index in [1.807, 2.05) is 54.4 Å². The molecule has 0 aliphatic carbocycles. The van der Waals surface area contributed by atoms with Crippen molar-refractivity contribution in [3.05, 3.63) is 65.7 Å². The van der Waals surface area contributed by atoms with E-state index in [0.717, 1.165) is 16.6 Å². The fraction of sp³-hybridized carbons (Fsp3) is 0.409. The third-order valence-corrected chi connectivity index (χ3v) is 5.47. The summed E-state index contributed by atoms with van der Waals surface area (Å²) in [5.41, 5.74) is 2.24. The summed E-state index contributed by atoms with van der Waals surface area (Å²) in [5, 5.41) is 0. The Labute approximate surface area is 162 Å². The normalized spacial score (nSPS) is 18.1. The Kier molecular flexibility index (Phi) is 5.56. The maximum atomic E-state index is 12.3. The van der Waals surface area contributed by atoms with E-state index < -0.39 is 0 Å². The van der Waals surface area contributed by atoms with Crippen LogP contribution in [0.5, 0.6) is 0 Å². The van der Waals surface area contributed by atoms with Crippen LogP contribution in [0, 0.1) is 0 Å². The van der Waals surface area contributed by atoms with Crippen LogP contribution in [0.15, 0.2) is 54.6 Å². The lowest BCUT2D eigenvalue weighted by Crippen LogP contribution is -2.41. The largest absolute Gasteiger partial charge is 0.494 e. The highest BCUT2D eigenvalue weighted by atomic mass is 16.7. The van der Waals surface area contributed by atoms with Crippen LogP contribution < -0.4 is 5.46 Å². The molecular weight excluding hydrogens is 337 g/mol. The zero-order valence-electron chi connectivity index (χ0n) is 16.9. The molecule has 142 valence electrons. The van der Waals surface area contributed by atoms with Gasteiger partial charge in [-0.25, -0.2) is 0 Å². The molecule has 1 aliphatic heterocycles. The summed E-state index contributed by atoms with van der Waals surface area (Å²) in [4.78, 5) is 14.3. The van der Waals surface area contributed by atoms with Crippen molar-refractivity contribution in [1.29, 1.82) is 0 Å². The quantitative estimate of drug-likeness (QED) is 0.582. The molecule has 0 radical (unpaired) electrons. The monoisotopic (exact) mass is 365 g/mol. The van der Waals surface area contributed by atoms with Crippen LogP contribution in [0.2, 0.25) is 0 Å². The van der Waals surface area contributed by atoms with Gasteiger partial charge in [-0.15, -0.1) is 0 Å². The summed E-state index contributed by atoms with van der Waals surface area (Å²) in [5.74, 6) is 0.131. The first-order valence-electron chi connectivity index (χ1n) is 9.39. The molecule has 1 saturated heterocycles. The van der Waals surface area contributed by atoms with Gasteiger partial charge in [0.25, 0.3) is 0 Å². The van der Waals surface area contributed by atoms with Gasteiger partial charge in [0.2, 0.25) is 0 Å². The van der Waals surface area contributed by atoms with Gasteiger partial charge in [0.15, 0.2) is 5.78 Å². The van der Waals surface area contributed by atoms with Crippen molar-refractivity contribution in [2.75, 3.05) is 13.6 Å². The van der Waals surface area contributed by atoms with Crippen LogP contribution in [0.3, 0.4) is 0 Å². The number of ketones is 1. The van der Waals surface area contributed by atoms with E-state index in [0.29, 0.717) is 13.1 Å². The van der Waals surface area contributed by atoms with Gasteiger partial charge in [0.05, 0.1) is 17.7 Å². The standard InChI is InChI=1S/C22H28BNO3/c1-21(2)22(3,4)27-23(26-21)19-13-11-17(12-14-19)15-24(5)16-20(25)18-9-7-6-8-10-18/h6-14H,15-16H2,1-5H3. The second-order valence-electron chi connectivity index (χ2n) is 8.29. The Morgan fingerprint density at radius 2 is 1.48 bits per heavy atom. The zero-order chi connectivity index (χ0) is 19.7. The molecule has 0 unspecified atom stereocenters. The van der Waals surface area contributed by atoms with Gasteiger partial charge in [-0.2, -0.15) is 0 Å². The Morgan fingerprint density at radius 3 is 2.04 bits per heavy atom. The van der Waals surface area contributed by atoms with Crippen molar-refractivity contribution in [2.24, 2.45) is 0 Å². The van der Waals surface area contributed by atoms with Crippen LogP contribution >= 0.6 is 0 Å². The molecule has 0 bridgehead atoms. The van der Waals surface area contributed by atoms with E-state index in [9.17, 15) is 4.79 Å². The molecule has 1 heterocycles. The molecule has 0 spiro atoms. The molecule has 1 aliphatic rings. The van der Waals surface area contributed by atoms with Gasteiger partial charge in [-0.1, -0.05) is 54.6 Å². The summed E-state index contributed by atoms with van der Waals surface area (Å²) in [7, 11) is 1.62. The third kappa shape index (κ3) is 4.49. The second kappa shape index (κ2) is 7.59. The van der Waals surface area contributed by atoms with E-state index in [2.05, 4.69) is 39.8 Å². The highest BCUT2D eigenvalue weighted by Crippen LogP contribution is 2.36. The highest BCUT2D eigenvalue weighted by Gasteiger charge is 2.51. The van der Waals surface area contributed by atoms with Crippen LogP contribution in [-0.2, 0) is 15.9 Å². The van der Waals surface area contributed by atoms with E-state index in [1.54, 1.807) is 0 Å². The number of Topliss-reactive ketones (excluding diaryl/α,β-unsaturated/α-hetero) is 1. The zero-order valence-corrected chi connectivity index (χ0v) is 16.9. The van der Waals surface area contributed by atoms with Crippen molar-refractivity contribution < 1.29 is 14.1 Å². The molecular formula is C22H28BNO3. The Hall–Kier alpha value is -1.95. The summed E-state index contributed by atoms with van der Waals surface area (Å²) in [6.45, 7) is 9.32. The molecule has 2 aromatic rings. The minimum atomic E-state index is -0.346. The lowest BCUT2D eigenvalue weighted by molar-refractivity contribution is 0.00578. The second-order valence-corrected chi connectivity index (χ2v) is 8.29. The number of carbonyl (C=O) groups excluding carboxylic acids is 1. The van der Waals surface area contributed by atoms with Gasteiger partial charge in [0, 0.05) is 12.1 Å². The minimum absolute atomic E-state index is 0.131. The molecule has 0 amide bonds. The average Bonchev–Trinajstić information content (AvgIpc) is 2.84. The summed E-state index contributed by atoms with van der Waals surface area (Å²) in [6, 6.07) is 17.7. The van der Waals surface area contributed by atoms with Gasteiger partial charge < -0.3 is 9.31 Å². The molecule has 5 heteroatoms. The summed E-state index contributed by atoms with van der Waals surface area (Å²) >= 11 is 0. The number of benzene rings is 2. The highest BCUT2D eigenvalue weighted by molar-refractivity contribution is 6.62. The van der Waals surface area contributed by atoms with E-state index >= 15 is 0 Å². The molecule has 3 rings (SSSR count). The van der Waals surface area contributed by atoms with E-state index in [4.69, 9.17) is 9.31 Å². The van der Waals surface area contributed by atoms with Crippen LogP contribution in [-0.4, -0.2) is 42.6 Å². The van der Waals surface area contributed by atoms with Gasteiger partial charge in [-0.05, 0) is 45.8 Å². The van der Waals surface area contributed by atoms with Crippen molar-refractivity contribution >= 4 is 18.4 Å². The Balaban J connectivity index is 1.59. The smallest absolute Gasteiger partial charge is 0.399 e. The first-order chi connectivity index (χ1) is 12.7. The van der Waals surface area contributed by atoms with E-state index in [-0.39, 0.29) is 24.1 Å². The molecule has 0 aromatic heterocycles. The van der Waals surface area contributed by atoms with Crippen molar-refractivity contribution in [2.45, 2.75) is 45.4 Å². The molecule has 2 aromatic carbocycles. The lowest BCUT2D eigenvalue weighted by atomic mass is 9.79. The predicted molar refractivity (Wildman–Crippen MR) is 109 cm³/mol. The average molecular weight is 365 g/mol. The fourth-order valence-corrected chi connectivity index (χ4v) is 3.09. The Morgan fingerprint density at radius 1 is 0.926 bits per heavy atom. The van der Waals surface area contributed by atoms with Gasteiger partial charge in [0.1, 0.15) is 0 Å². The number of likely N-dealkylation sites (N-methyl/N-ethyl adjacent to an activating group) is 1. The van der Waals surface area contributed by atoms with Crippen molar-refractivity contribution in [3.63, 3.8) is 0 Å². The lowest BCUT2D eigenvalue weighted by Gasteiger charge is -2.32. The molecule has 1 fully saturated rings. The van der Waals surface area contributed by atoms with Gasteiger partial charge in [-0.3, -0.25) is 9.69 Å². The molecule has 4 nitrogen and oxygen atoms in total. The van der Waals surface area contributed by atoms with E-state index in [1.165, 1.54) is 0 Å². The van der Waals surface area contributed by atoms with Gasteiger partial charge >= 0.3 is 7.12 Å². The number of hydrogen-bond donors (Lipinski definition) is 0. The maximum absolute atomic E-state index is 12.3. The SMILES string of the molecule is CN(CC(=O)c1ccccc1)Cc1ccc(B2OC(C)(C)C(C)(C)O2)cc1. The molecule has 0 atom stereocenters. The van der Waals surface area contributed by atoms with Crippen LogP contribution in [0.25, 0.3) is 0 Å². The first kappa shape index (κ1) is 19.8. The molecule has 27 heavy (non-hydrogen) atoms.